The second-order valence-corrected chi connectivity index (χ2v) is 9.02. The summed E-state index contributed by atoms with van der Waals surface area (Å²) in [5, 5.41) is 3.00. The first-order chi connectivity index (χ1) is 12.3. The molecule has 1 aromatic carbocycles. The standard InChI is InChI=1S/C20H29BrN2O3/c1-20(2,3)26-19(24)22-14-10-12-23(13-11-14)17-9-5-8-16(21)18(17)25-15-6-4-7-15/h5,8-9,14-15H,4,6-7,10-13H2,1-3H3,(H,22,24). The number of hydrogen-bond donors (Lipinski definition) is 1. The molecule has 1 saturated heterocycles. The fourth-order valence-electron chi connectivity index (χ4n) is 3.26. The second kappa shape index (κ2) is 8.07. The molecule has 0 aromatic heterocycles. The fourth-order valence-corrected chi connectivity index (χ4v) is 3.71. The van der Waals surface area contributed by atoms with Crippen LogP contribution in [0.25, 0.3) is 0 Å². The molecule has 1 saturated carbocycles. The molecule has 1 aliphatic heterocycles. The van der Waals surface area contributed by atoms with E-state index in [0.717, 1.165) is 54.7 Å². The van der Waals surface area contributed by atoms with Gasteiger partial charge in [-0.15, -0.1) is 0 Å². The number of nitrogens with one attached hydrogen (secondary N) is 1. The number of halogens is 1. The van der Waals surface area contributed by atoms with Gasteiger partial charge >= 0.3 is 6.09 Å². The number of para-hydroxylation sites is 1. The van der Waals surface area contributed by atoms with Crippen molar-refractivity contribution in [3.8, 4) is 5.75 Å². The molecule has 0 atom stereocenters. The summed E-state index contributed by atoms with van der Waals surface area (Å²) < 4.78 is 12.6. The minimum absolute atomic E-state index is 0.157. The van der Waals surface area contributed by atoms with Crippen LogP contribution in [0.5, 0.6) is 5.75 Å². The zero-order chi connectivity index (χ0) is 18.7. The molecule has 0 radical (unpaired) electrons. The van der Waals surface area contributed by atoms with Gasteiger partial charge in [0.05, 0.1) is 16.3 Å². The van der Waals surface area contributed by atoms with Crippen molar-refractivity contribution >= 4 is 27.7 Å². The highest BCUT2D eigenvalue weighted by Crippen LogP contribution is 2.39. The van der Waals surface area contributed by atoms with Crippen molar-refractivity contribution in [1.29, 1.82) is 0 Å². The Bertz CT molecular complexity index is 632. The number of amides is 1. The van der Waals surface area contributed by atoms with E-state index < -0.39 is 5.60 Å². The summed E-state index contributed by atoms with van der Waals surface area (Å²) in [6.07, 6.45) is 5.35. The van der Waals surface area contributed by atoms with E-state index in [4.69, 9.17) is 9.47 Å². The van der Waals surface area contributed by atoms with Gasteiger partial charge in [-0.1, -0.05) is 6.07 Å². The number of piperidine rings is 1. The Balaban J connectivity index is 1.58. The maximum absolute atomic E-state index is 12.0. The molecule has 0 unspecified atom stereocenters. The van der Waals surface area contributed by atoms with Crippen LogP contribution in [0, 0.1) is 0 Å². The quantitative estimate of drug-likeness (QED) is 0.748. The smallest absolute Gasteiger partial charge is 0.407 e. The predicted molar refractivity (Wildman–Crippen MR) is 107 cm³/mol. The number of ether oxygens (including phenoxy) is 2. The average Bonchev–Trinajstić information content (AvgIpc) is 2.50. The van der Waals surface area contributed by atoms with E-state index in [1.54, 1.807) is 0 Å². The Hall–Kier alpha value is -1.43. The average molecular weight is 425 g/mol. The largest absolute Gasteiger partial charge is 0.487 e. The van der Waals surface area contributed by atoms with Gasteiger partial charge < -0.3 is 19.7 Å². The lowest BCUT2D eigenvalue weighted by molar-refractivity contribution is 0.0497. The van der Waals surface area contributed by atoms with Crippen LogP contribution >= 0.6 is 15.9 Å². The first kappa shape index (κ1) is 19.3. The molecule has 26 heavy (non-hydrogen) atoms. The highest BCUT2D eigenvalue weighted by molar-refractivity contribution is 9.10. The lowest BCUT2D eigenvalue weighted by atomic mass is 9.96. The lowest BCUT2D eigenvalue weighted by Crippen LogP contribution is -2.46. The Kier molecular flexibility index (Phi) is 6.00. The summed E-state index contributed by atoms with van der Waals surface area (Å²) in [5.74, 6) is 0.954. The van der Waals surface area contributed by atoms with Crippen LogP contribution in [0.2, 0.25) is 0 Å². The summed E-state index contributed by atoms with van der Waals surface area (Å²) >= 11 is 3.64. The molecule has 0 bridgehead atoms. The fraction of sp³-hybridized carbons (Fsp3) is 0.650. The van der Waals surface area contributed by atoms with Gasteiger partial charge in [0.1, 0.15) is 5.60 Å². The van der Waals surface area contributed by atoms with Crippen molar-refractivity contribution in [2.24, 2.45) is 0 Å². The van der Waals surface area contributed by atoms with Gasteiger partial charge in [0.15, 0.2) is 5.75 Å². The van der Waals surface area contributed by atoms with Gasteiger partial charge in [0.25, 0.3) is 0 Å². The van der Waals surface area contributed by atoms with Crippen LogP contribution in [0.4, 0.5) is 10.5 Å². The highest BCUT2D eigenvalue weighted by atomic mass is 79.9. The number of anilines is 1. The van der Waals surface area contributed by atoms with E-state index in [2.05, 4.69) is 38.3 Å². The molecular weight excluding hydrogens is 396 g/mol. The number of alkyl carbamates (subject to hydrolysis) is 1. The van der Waals surface area contributed by atoms with Crippen LogP contribution in [0.3, 0.4) is 0 Å². The molecule has 1 amide bonds. The van der Waals surface area contributed by atoms with Gasteiger partial charge in [-0.2, -0.15) is 0 Å². The third-order valence-corrected chi connectivity index (χ3v) is 5.46. The van der Waals surface area contributed by atoms with Gasteiger partial charge in [-0.05, 0) is 80.9 Å². The normalized spacial score (nSPS) is 19.0. The second-order valence-electron chi connectivity index (χ2n) is 8.17. The van der Waals surface area contributed by atoms with Crippen LogP contribution in [0.1, 0.15) is 52.9 Å². The monoisotopic (exact) mass is 424 g/mol. The molecule has 144 valence electrons. The number of rotatable bonds is 4. The summed E-state index contributed by atoms with van der Waals surface area (Å²) in [6, 6.07) is 6.37. The minimum atomic E-state index is -0.463. The first-order valence-corrected chi connectivity index (χ1v) is 10.3. The van der Waals surface area contributed by atoms with Crippen LogP contribution in [-0.4, -0.2) is 36.9 Å². The SMILES string of the molecule is CC(C)(C)OC(=O)NC1CCN(c2cccc(Br)c2OC2CCC2)CC1. The minimum Gasteiger partial charge on any atom is -0.487 e. The Morgan fingerprint density at radius 3 is 2.46 bits per heavy atom. The maximum atomic E-state index is 12.0. The van der Waals surface area contributed by atoms with Crippen LogP contribution < -0.4 is 15.0 Å². The van der Waals surface area contributed by atoms with E-state index in [1.165, 1.54) is 6.42 Å². The van der Waals surface area contributed by atoms with E-state index in [9.17, 15) is 4.79 Å². The van der Waals surface area contributed by atoms with Crippen LogP contribution in [-0.2, 0) is 4.74 Å². The number of carbonyl (C=O) groups is 1. The molecular formula is C20H29BrN2O3. The molecule has 2 aliphatic rings. The molecule has 1 N–H and O–H groups in total. The first-order valence-electron chi connectivity index (χ1n) is 9.51. The summed E-state index contributed by atoms with van der Waals surface area (Å²) in [5.41, 5.74) is 0.677. The lowest BCUT2D eigenvalue weighted by Gasteiger charge is -2.36. The number of nitrogens with zero attached hydrogens (tertiary/aromatic N) is 1. The van der Waals surface area contributed by atoms with E-state index in [1.807, 2.05) is 26.8 Å². The van der Waals surface area contributed by atoms with E-state index in [0.29, 0.717) is 6.10 Å². The predicted octanol–water partition coefficient (Wildman–Crippen LogP) is 4.87. The number of benzene rings is 1. The molecule has 6 heteroatoms. The van der Waals surface area contributed by atoms with E-state index >= 15 is 0 Å². The summed E-state index contributed by atoms with van der Waals surface area (Å²) in [7, 11) is 0. The highest BCUT2D eigenvalue weighted by Gasteiger charge is 2.27. The number of carbonyl (C=O) groups excluding carboxylic acids is 1. The van der Waals surface area contributed by atoms with E-state index in [-0.39, 0.29) is 12.1 Å². The molecule has 0 spiro atoms. The third kappa shape index (κ3) is 5.06. The maximum Gasteiger partial charge on any atom is 0.407 e. The third-order valence-electron chi connectivity index (χ3n) is 4.84. The van der Waals surface area contributed by atoms with Crippen molar-refractivity contribution in [2.45, 2.75) is 70.6 Å². The van der Waals surface area contributed by atoms with Gasteiger partial charge in [-0.3, -0.25) is 0 Å². The van der Waals surface area contributed by atoms with Gasteiger partial charge in [0, 0.05) is 19.1 Å². The zero-order valence-corrected chi connectivity index (χ0v) is 17.5. The number of hydrogen-bond acceptors (Lipinski definition) is 4. The van der Waals surface area contributed by atoms with Crippen LogP contribution in [0.15, 0.2) is 22.7 Å². The van der Waals surface area contributed by atoms with Crippen molar-refractivity contribution in [1.82, 2.24) is 5.32 Å². The zero-order valence-electron chi connectivity index (χ0n) is 15.9. The molecule has 3 rings (SSSR count). The van der Waals surface area contributed by atoms with Crippen molar-refractivity contribution in [3.05, 3.63) is 22.7 Å². The molecule has 1 aliphatic carbocycles. The molecule has 5 nitrogen and oxygen atoms in total. The Morgan fingerprint density at radius 2 is 1.88 bits per heavy atom. The molecule has 1 heterocycles. The van der Waals surface area contributed by atoms with Gasteiger partial charge in [0.2, 0.25) is 0 Å². The van der Waals surface area contributed by atoms with Gasteiger partial charge in [-0.25, -0.2) is 4.79 Å². The molecule has 1 aromatic rings. The summed E-state index contributed by atoms with van der Waals surface area (Å²) in [6.45, 7) is 7.42. The van der Waals surface area contributed by atoms with Crippen molar-refractivity contribution in [2.75, 3.05) is 18.0 Å². The Morgan fingerprint density at radius 1 is 1.19 bits per heavy atom. The molecule has 2 fully saturated rings. The topological polar surface area (TPSA) is 50.8 Å². The Labute approximate surface area is 164 Å². The summed E-state index contributed by atoms with van der Waals surface area (Å²) in [4.78, 5) is 14.3. The van der Waals surface area contributed by atoms with Crippen molar-refractivity contribution in [3.63, 3.8) is 0 Å². The van der Waals surface area contributed by atoms with Crippen molar-refractivity contribution < 1.29 is 14.3 Å².